The van der Waals surface area contributed by atoms with Crippen molar-refractivity contribution in [1.29, 1.82) is 0 Å². The maximum Gasteiger partial charge on any atom is 0.342 e. The lowest BCUT2D eigenvalue weighted by Gasteiger charge is -2.17. The molecule has 1 N–H and O–H groups in total. The van der Waals surface area contributed by atoms with Crippen molar-refractivity contribution in [3.05, 3.63) is 53.0 Å². The van der Waals surface area contributed by atoms with Crippen molar-refractivity contribution < 1.29 is 23.5 Å². The van der Waals surface area contributed by atoms with E-state index in [9.17, 15) is 14.4 Å². The molecular formula is C20H24N2O5. The summed E-state index contributed by atoms with van der Waals surface area (Å²) in [5.41, 5.74) is 2.03. The van der Waals surface area contributed by atoms with Crippen LogP contribution in [0.1, 0.15) is 34.4 Å². The van der Waals surface area contributed by atoms with E-state index in [0.717, 1.165) is 17.7 Å². The summed E-state index contributed by atoms with van der Waals surface area (Å²) in [6.45, 7) is 4.78. The number of likely N-dealkylation sites (N-methyl/N-ethyl adjacent to an activating group) is 1. The zero-order valence-corrected chi connectivity index (χ0v) is 16.0. The first kappa shape index (κ1) is 20.2. The number of aryl methyl sites for hydroxylation is 3. The number of nitrogens with one attached hydrogen (secondary N) is 1. The van der Waals surface area contributed by atoms with Crippen LogP contribution in [0.25, 0.3) is 0 Å². The Morgan fingerprint density at radius 3 is 2.52 bits per heavy atom. The molecule has 7 heteroatoms. The molecule has 0 aliphatic carbocycles. The van der Waals surface area contributed by atoms with Gasteiger partial charge in [-0.25, -0.2) is 4.79 Å². The summed E-state index contributed by atoms with van der Waals surface area (Å²) < 4.78 is 10.3. The van der Waals surface area contributed by atoms with E-state index in [1.54, 1.807) is 19.9 Å². The van der Waals surface area contributed by atoms with Crippen LogP contribution in [0.2, 0.25) is 0 Å². The smallest absolute Gasteiger partial charge is 0.342 e. The van der Waals surface area contributed by atoms with Crippen molar-refractivity contribution in [2.75, 3.05) is 25.5 Å². The zero-order chi connectivity index (χ0) is 20.0. The largest absolute Gasteiger partial charge is 0.466 e. The highest BCUT2D eigenvalue weighted by Gasteiger charge is 2.19. The fourth-order valence-corrected chi connectivity index (χ4v) is 2.59. The number of rotatable bonds is 7. The molecule has 2 amide bonds. The molecule has 0 spiro atoms. The Labute approximate surface area is 158 Å². The van der Waals surface area contributed by atoms with E-state index in [-0.39, 0.29) is 18.0 Å². The number of esters is 1. The summed E-state index contributed by atoms with van der Waals surface area (Å²) in [5.74, 6) is -0.397. The summed E-state index contributed by atoms with van der Waals surface area (Å²) >= 11 is 0. The van der Waals surface area contributed by atoms with Gasteiger partial charge in [-0.05, 0) is 38.0 Å². The van der Waals surface area contributed by atoms with Gasteiger partial charge in [0.15, 0.2) is 6.61 Å². The lowest BCUT2D eigenvalue weighted by Crippen LogP contribution is -2.37. The third-order valence-corrected chi connectivity index (χ3v) is 4.07. The Morgan fingerprint density at radius 2 is 1.89 bits per heavy atom. The predicted octanol–water partition coefficient (Wildman–Crippen LogP) is 2.71. The van der Waals surface area contributed by atoms with Gasteiger partial charge in [-0.1, -0.05) is 25.1 Å². The highest BCUT2D eigenvalue weighted by atomic mass is 16.5. The lowest BCUT2D eigenvalue weighted by atomic mass is 10.1. The molecule has 2 rings (SSSR count). The number of furan rings is 1. The van der Waals surface area contributed by atoms with Gasteiger partial charge in [0.1, 0.15) is 17.1 Å². The van der Waals surface area contributed by atoms with Gasteiger partial charge in [0, 0.05) is 12.7 Å². The van der Waals surface area contributed by atoms with Crippen molar-refractivity contribution in [3.63, 3.8) is 0 Å². The van der Waals surface area contributed by atoms with Crippen LogP contribution in [0.15, 0.2) is 34.7 Å². The van der Waals surface area contributed by atoms with E-state index in [4.69, 9.17) is 9.15 Å². The summed E-state index contributed by atoms with van der Waals surface area (Å²) in [5, 5.41) is 2.80. The molecule has 0 unspecified atom stereocenters. The molecule has 0 atom stereocenters. The van der Waals surface area contributed by atoms with Gasteiger partial charge in [0.05, 0.1) is 6.54 Å². The predicted molar refractivity (Wildman–Crippen MR) is 101 cm³/mol. The van der Waals surface area contributed by atoms with E-state index in [1.807, 2.05) is 31.2 Å². The number of hydrogen-bond donors (Lipinski definition) is 1. The maximum atomic E-state index is 12.2. The molecule has 0 radical (unpaired) electrons. The number of nitrogens with zero attached hydrogens (tertiary/aromatic N) is 1. The second-order valence-corrected chi connectivity index (χ2v) is 6.21. The molecule has 1 aromatic heterocycles. The van der Waals surface area contributed by atoms with Gasteiger partial charge >= 0.3 is 5.97 Å². The molecule has 0 saturated heterocycles. The molecule has 27 heavy (non-hydrogen) atoms. The van der Waals surface area contributed by atoms with Gasteiger partial charge in [-0.3, -0.25) is 9.59 Å². The van der Waals surface area contributed by atoms with Gasteiger partial charge in [-0.15, -0.1) is 0 Å². The summed E-state index contributed by atoms with van der Waals surface area (Å²) in [6, 6.07) is 9.05. The minimum Gasteiger partial charge on any atom is -0.466 e. The van der Waals surface area contributed by atoms with E-state index in [2.05, 4.69) is 5.32 Å². The minimum absolute atomic E-state index is 0.141. The number of para-hydroxylation sites is 1. The van der Waals surface area contributed by atoms with Crippen LogP contribution in [-0.2, 0) is 20.7 Å². The van der Waals surface area contributed by atoms with Gasteiger partial charge < -0.3 is 19.4 Å². The van der Waals surface area contributed by atoms with Crippen LogP contribution in [-0.4, -0.2) is 42.9 Å². The number of amides is 2. The first-order valence-corrected chi connectivity index (χ1v) is 8.67. The van der Waals surface area contributed by atoms with E-state index < -0.39 is 18.5 Å². The molecule has 1 aromatic carbocycles. The molecule has 0 bridgehead atoms. The summed E-state index contributed by atoms with van der Waals surface area (Å²) in [4.78, 5) is 37.5. The van der Waals surface area contributed by atoms with Crippen LogP contribution >= 0.6 is 0 Å². The molecule has 2 aromatic rings. The molecule has 0 aliphatic rings. The van der Waals surface area contributed by atoms with Crippen molar-refractivity contribution in [1.82, 2.24) is 4.90 Å². The van der Waals surface area contributed by atoms with Crippen LogP contribution in [0.3, 0.4) is 0 Å². The first-order chi connectivity index (χ1) is 12.8. The van der Waals surface area contributed by atoms with Gasteiger partial charge in [-0.2, -0.15) is 0 Å². The monoisotopic (exact) mass is 372 g/mol. The maximum absolute atomic E-state index is 12.2. The van der Waals surface area contributed by atoms with Crippen molar-refractivity contribution in [3.8, 4) is 0 Å². The highest BCUT2D eigenvalue weighted by Crippen LogP contribution is 2.16. The van der Waals surface area contributed by atoms with E-state index in [1.165, 1.54) is 11.9 Å². The number of ether oxygens (including phenoxy) is 1. The number of carbonyl (C=O) groups is 3. The molecular weight excluding hydrogens is 348 g/mol. The Kier molecular flexibility index (Phi) is 6.76. The Balaban J connectivity index is 1.85. The molecule has 1 heterocycles. The fourth-order valence-electron chi connectivity index (χ4n) is 2.59. The molecule has 0 aliphatic heterocycles. The van der Waals surface area contributed by atoms with Crippen LogP contribution in [0, 0.1) is 13.8 Å². The van der Waals surface area contributed by atoms with Gasteiger partial charge in [0.25, 0.3) is 5.91 Å². The van der Waals surface area contributed by atoms with Crippen LogP contribution in [0.4, 0.5) is 5.69 Å². The summed E-state index contributed by atoms with van der Waals surface area (Å²) in [6.07, 6.45) is 0.786. The lowest BCUT2D eigenvalue weighted by molar-refractivity contribution is -0.136. The topological polar surface area (TPSA) is 88.9 Å². The first-order valence-electron chi connectivity index (χ1n) is 8.67. The fraction of sp³-hybridized carbons (Fsp3) is 0.350. The quantitative estimate of drug-likeness (QED) is 0.755. The summed E-state index contributed by atoms with van der Waals surface area (Å²) in [7, 11) is 1.48. The Morgan fingerprint density at radius 1 is 1.19 bits per heavy atom. The Hall–Kier alpha value is -3.09. The van der Waals surface area contributed by atoms with E-state index >= 15 is 0 Å². The standard InChI is InChI=1S/C20H24N2O5/c1-5-15-8-6-7-9-17(15)21-18(23)11-22(4)19(24)12-26-20(25)16-10-13(2)27-14(16)3/h6-10H,5,11-12H2,1-4H3,(H,21,23). The second kappa shape index (κ2) is 9.02. The SMILES string of the molecule is CCc1ccccc1NC(=O)CN(C)C(=O)COC(=O)c1cc(C)oc1C. The second-order valence-electron chi connectivity index (χ2n) is 6.21. The zero-order valence-electron chi connectivity index (χ0n) is 16.0. The number of anilines is 1. The van der Waals surface area contributed by atoms with Crippen molar-refractivity contribution in [2.45, 2.75) is 27.2 Å². The normalized spacial score (nSPS) is 10.4. The third kappa shape index (κ3) is 5.44. The van der Waals surface area contributed by atoms with Crippen LogP contribution in [0.5, 0.6) is 0 Å². The van der Waals surface area contributed by atoms with Crippen molar-refractivity contribution >= 4 is 23.5 Å². The molecule has 7 nitrogen and oxygen atoms in total. The van der Waals surface area contributed by atoms with Crippen molar-refractivity contribution in [2.24, 2.45) is 0 Å². The van der Waals surface area contributed by atoms with Gasteiger partial charge in [0.2, 0.25) is 5.91 Å². The molecule has 144 valence electrons. The molecule has 0 saturated carbocycles. The minimum atomic E-state index is -0.632. The third-order valence-electron chi connectivity index (χ3n) is 4.07. The van der Waals surface area contributed by atoms with Crippen LogP contribution < -0.4 is 5.32 Å². The number of carbonyl (C=O) groups excluding carboxylic acids is 3. The molecule has 0 fully saturated rings. The van der Waals surface area contributed by atoms with E-state index in [0.29, 0.717) is 11.5 Å². The number of hydrogen-bond acceptors (Lipinski definition) is 5. The average molecular weight is 372 g/mol. The highest BCUT2D eigenvalue weighted by molar-refractivity contribution is 5.96. The average Bonchev–Trinajstić information content (AvgIpc) is 2.97. The number of benzene rings is 1. The Bertz CT molecular complexity index is 841.